The van der Waals surface area contributed by atoms with Gasteiger partial charge in [-0.3, -0.25) is 0 Å². The van der Waals surface area contributed by atoms with Crippen LogP contribution >= 0.6 is 0 Å². The number of hydrogen-bond acceptors (Lipinski definition) is 2. The van der Waals surface area contributed by atoms with Crippen LogP contribution in [0.25, 0.3) is 0 Å². The zero-order valence-electron chi connectivity index (χ0n) is 12.9. The molecular weight excluding hydrogens is 258 g/mol. The van der Waals surface area contributed by atoms with E-state index in [-0.39, 0.29) is 5.69 Å². The molecule has 1 aromatic rings. The van der Waals surface area contributed by atoms with Gasteiger partial charge < -0.3 is 10.6 Å². The number of nitrogens with two attached hydrogens (primary N) is 1. The van der Waals surface area contributed by atoms with Crippen molar-refractivity contribution in [3.63, 3.8) is 0 Å². The van der Waals surface area contributed by atoms with Crippen LogP contribution < -0.4 is 10.6 Å². The van der Waals surface area contributed by atoms with E-state index in [0.717, 1.165) is 0 Å². The summed E-state index contributed by atoms with van der Waals surface area (Å²) in [6.07, 6.45) is 0.489. The Morgan fingerprint density at radius 2 is 1.45 bits per heavy atom. The molecular formula is C16H26F2N2. The van der Waals surface area contributed by atoms with Gasteiger partial charge in [-0.05, 0) is 42.5 Å². The van der Waals surface area contributed by atoms with Gasteiger partial charge in [0.25, 0.3) is 0 Å². The van der Waals surface area contributed by atoms with Crippen molar-refractivity contribution in [2.75, 3.05) is 24.5 Å². The Labute approximate surface area is 121 Å². The standard InChI is InChI=1S/C16H26F2N2/c1-11(2)9-20(10-12(3)4)16-14(17)7-13(5-6-19)8-15(16)18/h7-8,11-12H,5-6,9-10,19H2,1-4H3. The van der Waals surface area contributed by atoms with Gasteiger partial charge in [-0.2, -0.15) is 0 Å². The van der Waals surface area contributed by atoms with E-state index in [4.69, 9.17) is 5.73 Å². The number of hydrogen-bond donors (Lipinski definition) is 1. The van der Waals surface area contributed by atoms with Crippen molar-refractivity contribution in [1.29, 1.82) is 0 Å². The van der Waals surface area contributed by atoms with Crippen LogP contribution in [0.2, 0.25) is 0 Å². The van der Waals surface area contributed by atoms with Crippen LogP contribution in [0.15, 0.2) is 12.1 Å². The summed E-state index contributed by atoms with van der Waals surface area (Å²) in [4.78, 5) is 1.81. The third-order valence-electron chi connectivity index (χ3n) is 3.00. The molecule has 4 heteroatoms. The largest absolute Gasteiger partial charge is 0.366 e. The highest BCUT2D eigenvalue weighted by molar-refractivity contribution is 5.51. The Hall–Kier alpha value is -1.16. The summed E-state index contributed by atoms with van der Waals surface area (Å²) < 4.78 is 28.5. The molecule has 0 radical (unpaired) electrons. The molecule has 0 aliphatic heterocycles. The molecule has 2 N–H and O–H groups in total. The van der Waals surface area contributed by atoms with Gasteiger partial charge in [0, 0.05) is 13.1 Å². The van der Waals surface area contributed by atoms with Crippen LogP contribution in [0.1, 0.15) is 33.3 Å². The fourth-order valence-corrected chi connectivity index (χ4v) is 2.37. The van der Waals surface area contributed by atoms with Crippen molar-refractivity contribution in [2.24, 2.45) is 17.6 Å². The molecule has 0 bridgehead atoms. The van der Waals surface area contributed by atoms with E-state index in [1.54, 1.807) is 0 Å². The lowest BCUT2D eigenvalue weighted by Crippen LogP contribution is -2.33. The topological polar surface area (TPSA) is 29.3 Å². The summed E-state index contributed by atoms with van der Waals surface area (Å²) >= 11 is 0. The van der Waals surface area contributed by atoms with Gasteiger partial charge in [-0.1, -0.05) is 27.7 Å². The minimum absolute atomic E-state index is 0.0909. The maximum Gasteiger partial charge on any atom is 0.149 e. The minimum Gasteiger partial charge on any atom is -0.366 e. The number of nitrogens with zero attached hydrogens (tertiary/aromatic N) is 1. The van der Waals surface area contributed by atoms with Gasteiger partial charge >= 0.3 is 0 Å². The molecule has 20 heavy (non-hydrogen) atoms. The second-order valence-electron chi connectivity index (χ2n) is 6.14. The Kier molecular flexibility index (Phi) is 6.40. The third kappa shape index (κ3) is 4.75. The predicted molar refractivity (Wildman–Crippen MR) is 81.0 cm³/mol. The first kappa shape index (κ1) is 16.9. The summed E-state index contributed by atoms with van der Waals surface area (Å²) in [5.74, 6) is -0.294. The smallest absolute Gasteiger partial charge is 0.149 e. The van der Waals surface area contributed by atoms with Crippen molar-refractivity contribution >= 4 is 5.69 Å². The van der Waals surface area contributed by atoms with Crippen LogP contribution in [0.3, 0.4) is 0 Å². The molecule has 0 fully saturated rings. The highest BCUT2D eigenvalue weighted by Crippen LogP contribution is 2.27. The van der Waals surface area contributed by atoms with Crippen molar-refractivity contribution < 1.29 is 8.78 Å². The average molecular weight is 284 g/mol. The first-order chi connectivity index (χ1) is 9.35. The molecule has 1 aromatic carbocycles. The maximum atomic E-state index is 14.3. The number of rotatable bonds is 7. The van der Waals surface area contributed by atoms with E-state index >= 15 is 0 Å². The molecule has 0 saturated carbocycles. The van der Waals surface area contributed by atoms with E-state index in [1.807, 2.05) is 32.6 Å². The number of anilines is 1. The summed E-state index contributed by atoms with van der Waals surface area (Å²) in [7, 11) is 0. The lowest BCUT2D eigenvalue weighted by molar-refractivity contribution is 0.516. The van der Waals surface area contributed by atoms with E-state index in [0.29, 0.717) is 43.5 Å². The van der Waals surface area contributed by atoms with Crippen LogP contribution in [0, 0.1) is 23.5 Å². The summed E-state index contributed by atoms with van der Waals surface area (Å²) in [5, 5.41) is 0. The van der Waals surface area contributed by atoms with Crippen molar-refractivity contribution in [1.82, 2.24) is 0 Å². The zero-order valence-corrected chi connectivity index (χ0v) is 12.9. The Morgan fingerprint density at radius 1 is 1.00 bits per heavy atom. The van der Waals surface area contributed by atoms with E-state index < -0.39 is 11.6 Å². The molecule has 0 heterocycles. The number of benzene rings is 1. The average Bonchev–Trinajstić information content (AvgIpc) is 2.26. The highest BCUT2D eigenvalue weighted by atomic mass is 19.1. The predicted octanol–water partition coefficient (Wildman–Crippen LogP) is 3.58. The Morgan fingerprint density at radius 3 is 1.80 bits per heavy atom. The van der Waals surface area contributed by atoms with Crippen molar-refractivity contribution in [2.45, 2.75) is 34.1 Å². The second kappa shape index (κ2) is 7.58. The van der Waals surface area contributed by atoms with Crippen molar-refractivity contribution in [3.8, 4) is 0 Å². The molecule has 2 nitrogen and oxygen atoms in total. The first-order valence-corrected chi connectivity index (χ1v) is 7.28. The Balaban J connectivity index is 3.11. The van der Waals surface area contributed by atoms with E-state index in [1.165, 1.54) is 12.1 Å². The first-order valence-electron chi connectivity index (χ1n) is 7.28. The summed E-state index contributed by atoms with van der Waals surface area (Å²) in [6, 6.07) is 2.80. The minimum atomic E-state index is -0.491. The molecule has 0 spiro atoms. The molecule has 114 valence electrons. The lowest BCUT2D eigenvalue weighted by Gasteiger charge is -2.29. The van der Waals surface area contributed by atoms with Crippen molar-refractivity contribution in [3.05, 3.63) is 29.3 Å². The molecule has 0 saturated heterocycles. The SMILES string of the molecule is CC(C)CN(CC(C)C)c1c(F)cc(CCN)cc1F. The van der Waals surface area contributed by atoms with E-state index in [2.05, 4.69) is 0 Å². The lowest BCUT2D eigenvalue weighted by atomic mass is 10.1. The molecule has 0 amide bonds. The maximum absolute atomic E-state index is 14.3. The quantitative estimate of drug-likeness (QED) is 0.829. The molecule has 1 rings (SSSR count). The van der Waals surface area contributed by atoms with Gasteiger partial charge in [0.1, 0.15) is 17.3 Å². The highest BCUT2D eigenvalue weighted by Gasteiger charge is 2.19. The molecule has 0 unspecified atom stereocenters. The molecule has 0 atom stereocenters. The van der Waals surface area contributed by atoms with Gasteiger partial charge in [-0.25, -0.2) is 8.78 Å². The van der Waals surface area contributed by atoms with Crippen LogP contribution in [0.4, 0.5) is 14.5 Å². The monoisotopic (exact) mass is 284 g/mol. The third-order valence-corrected chi connectivity index (χ3v) is 3.00. The second-order valence-corrected chi connectivity index (χ2v) is 6.14. The van der Waals surface area contributed by atoms with Crippen LogP contribution in [-0.2, 0) is 6.42 Å². The Bertz CT molecular complexity index is 397. The van der Waals surface area contributed by atoms with Crippen LogP contribution in [-0.4, -0.2) is 19.6 Å². The van der Waals surface area contributed by atoms with Gasteiger partial charge in [-0.15, -0.1) is 0 Å². The molecule has 0 aromatic heterocycles. The fourth-order valence-electron chi connectivity index (χ4n) is 2.37. The van der Waals surface area contributed by atoms with Crippen LogP contribution in [0.5, 0.6) is 0 Å². The fraction of sp³-hybridized carbons (Fsp3) is 0.625. The summed E-state index contributed by atoms with van der Waals surface area (Å²) in [6.45, 7) is 9.86. The number of halogens is 2. The van der Waals surface area contributed by atoms with Gasteiger partial charge in [0.05, 0.1) is 0 Å². The summed E-state index contributed by atoms with van der Waals surface area (Å²) in [5.41, 5.74) is 6.14. The van der Waals surface area contributed by atoms with E-state index in [9.17, 15) is 8.78 Å². The molecule has 0 aliphatic carbocycles. The molecule has 0 aliphatic rings. The van der Waals surface area contributed by atoms with Gasteiger partial charge in [0.15, 0.2) is 0 Å². The van der Waals surface area contributed by atoms with Gasteiger partial charge in [0.2, 0.25) is 0 Å². The zero-order chi connectivity index (χ0) is 15.3. The normalized spacial score (nSPS) is 11.4.